The molecule has 3 heterocycles. The van der Waals surface area contributed by atoms with E-state index >= 15 is 0 Å². The number of amides is 2. The lowest BCUT2D eigenvalue weighted by Gasteiger charge is -2.27. The van der Waals surface area contributed by atoms with Gasteiger partial charge in [0.15, 0.2) is 0 Å². The van der Waals surface area contributed by atoms with Gasteiger partial charge in [-0.05, 0) is 38.2 Å². The Morgan fingerprint density at radius 3 is 1.52 bits per heavy atom. The average Bonchev–Trinajstić information content (AvgIpc) is 2.91. The van der Waals surface area contributed by atoms with Gasteiger partial charge < -0.3 is 9.80 Å². The molecule has 0 saturated carbocycles. The summed E-state index contributed by atoms with van der Waals surface area (Å²) in [7, 11) is 0. The summed E-state index contributed by atoms with van der Waals surface area (Å²) in [5, 5.41) is 0. The second-order valence-electron chi connectivity index (χ2n) is 6.52. The molecule has 23 heavy (non-hydrogen) atoms. The minimum absolute atomic E-state index is 0.00252. The zero-order chi connectivity index (χ0) is 16.1. The molecule has 2 amide bonds. The van der Waals surface area contributed by atoms with E-state index in [0.717, 1.165) is 51.9 Å². The maximum absolute atomic E-state index is 12.7. The van der Waals surface area contributed by atoms with Crippen LogP contribution in [0.4, 0.5) is 0 Å². The number of likely N-dealkylation sites (tertiary alicyclic amines) is 2. The van der Waals surface area contributed by atoms with Crippen molar-refractivity contribution in [3.63, 3.8) is 0 Å². The summed E-state index contributed by atoms with van der Waals surface area (Å²) in [6, 6.07) is 1.72. The van der Waals surface area contributed by atoms with Crippen LogP contribution in [0.25, 0.3) is 0 Å². The van der Waals surface area contributed by atoms with Gasteiger partial charge in [0.2, 0.25) is 0 Å². The van der Waals surface area contributed by atoms with Gasteiger partial charge in [0, 0.05) is 38.6 Å². The van der Waals surface area contributed by atoms with E-state index < -0.39 is 0 Å². The molecule has 2 saturated heterocycles. The highest BCUT2D eigenvalue weighted by molar-refractivity contribution is 5.99. The molecular formula is C18H25N3O2. The van der Waals surface area contributed by atoms with E-state index in [-0.39, 0.29) is 11.8 Å². The van der Waals surface area contributed by atoms with Crippen LogP contribution >= 0.6 is 0 Å². The van der Waals surface area contributed by atoms with E-state index in [9.17, 15) is 9.59 Å². The SMILES string of the molecule is O=C(c1cncc(C(=O)N2CCCCC2)c1)N1CCCCCC1. The molecule has 124 valence electrons. The van der Waals surface area contributed by atoms with Crippen LogP contribution in [0.1, 0.15) is 65.7 Å². The molecule has 5 nitrogen and oxygen atoms in total. The molecule has 2 fully saturated rings. The molecule has 1 aromatic heterocycles. The quantitative estimate of drug-likeness (QED) is 0.843. The van der Waals surface area contributed by atoms with E-state index in [1.165, 1.54) is 19.3 Å². The third kappa shape index (κ3) is 3.89. The Morgan fingerprint density at radius 1 is 0.696 bits per heavy atom. The van der Waals surface area contributed by atoms with Gasteiger partial charge in [-0.3, -0.25) is 14.6 Å². The van der Waals surface area contributed by atoms with Crippen LogP contribution in [0.5, 0.6) is 0 Å². The molecule has 0 atom stereocenters. The first-order valence-electron chi connectivity index (χ1n) is 8.79. The Morgan fingerprint density at radius 2 is 1.09 bits per heavy atom. The topological polar surface area (TPSA) is 53.5 Å². The van der Waals surface area contributed by atoms with Gasteiger partial charge in [0.25, 0.3) is 11.8 Å². The lowest BCUT2D eigenvalue weighted by molar-refractivity contribution is 0.0724. The summed E-state index contributed by atoms with van der Waals surface area (Å²) in [5.41, 5.74) is 1.07. The summed E-state index contributed by atoms with van der Waals surface area (Å²) in [4.78, 5) is 33.2. The number of rotatable bonds is 2. The van der Waals surface area contributed by atoms with Crippen LogP contribution in [-0.2, 0) is 0 Å². The third-order valence-electron chi connectivity index (χ3n) is 4.77. The van der Waals surface area contributed by atoms with Crippen LogP contribution in [0.3, 0.4) is 0 Å². The number of hydrogen-bond acceptors (Lipinski definition) is 3. The fourth-order valence-electron chi connectivity index (χ4n) is 3.41. The third-order valence-corrected chi connectivity index (χ3v) is 4.77. The lowest BCUT2D eigenvalue weighted by atomic mass is 10.1. The Bertz CT molecular complexity index is 559. The highest BCUT2D eigenvalue weighted by Gasteiger charge is 2.22. The van der Waals surface area contributed by atoms with E-state index in [1.807, 2.05) is 9.80 Å². The van der Waals surface area contributed by atoms with Crippen LogP contribution in [0.2, 0.25) is 0 Å². The van der Waals surface area contributed by atoms with E-state index in [0.29, 0.717) is 11.1 Å². The van der Waals surface area contributed by atoms with Gasteiger partial charge >= 0.3 is 0 Å². The number of pyridine rings is 1. The number of piperidine rings is 1. The van der Waals surface area contributed by atoms with Crippen molar-refractivity contribution in [1.82, 2.24) is 14.8 Å². The first kappa shape index (κ1) is 16.0. The fraction of sp³-hybridized carbons (Fsp3) is 0.611. The normalized spacial score (nSPS) is 19.3. The maximum atomic E-state index is 12.7. The predicted molar refractivity (Wildman–Crippen MR) is 88.4 cm³/mol. The number of carbonyl (C=O) groups excluding carboxylic acids is 2. The molecule has 0 aliphatic carbocycles. The molecule has 1 aromatic rings. The second-order valence-corrected chi connectivity index (χ2v) is 6.52. The predicted octanol–water partition coefficient (Wildman–Crippen LogP) is 2.72. The van der Waals surface area contributed by atoms with Crippen LogP contribution in [0.15, 0.2) is 18.5 Å². The van der Waals surface area contributed by atoms with Crippen molar-refractivity contribution in [3.8, 4) is 0 Å². The van der Waals surface area contributed by atoms with Gasteiger partial charge in [-0.15, -0.1) is 0 Å². The molecule has 0 N–H and O–H groups in total. The smallest absolute Gasteiger partial charge is 0.255 e. The Hall–Kier alpha value is -1.91. The van der Waals surface area contributed by atoms with Crippen LogP contribution in [0, 0.1) is 0 Å². The Kier molecular flexibility index (Phi) is 5.26. The largest absolute Gasteiger partial charge is 0.339 e. The van der Waals surface area contributed by atoms with Crippen molar-refractivity contribution in [1.29, 1.82) is 0 Å². The van der Waals surface area contributed by atoms with Crippen molar-refractivity contribution >= 4 is 11.8 Å². The van der Waals surface area contributed by atoms with Gasteiger partial charge in [0.1, 0.15) is 0 Å². The number of aromatic nitrogens is 1. The van der Waals surface area contributed by atoms with E-state index in [1.54, 1.807) is 18.5 Å². The molecule has 5 heteroatoms. The number of carbonyl (C=O) groups is 2. The fourth-order valence-corrected chi connectivity index (χ4v) is 3.41. The first-order valence-corrected chi connectivity index (χ1v) is 8.79. The Labute approximate surface area is 137 Å². The number of hydrogen-bond donors (Lipinski definition) is 0. The van der Waals surface area contributed by atoms with Crippen LogP contribution < -0.4 is 0 Å². The zero-order valence-corrected chi connectivity index (χ0v) is 13.7. The van der Waals surface area contributed by atoms with Crippen molar-refractivity contribution in [3.05, 3.63) is 29.6 Å². The minimum Gasteiger partial charge on any atom is -0.339 e. The van der Waals surface area contributed by atoms with Crippen molar-refractivity contribution in [2.75, 3.05) is 26.2 Å². The Balaban J connectivity index is 1.73. The van der Waals surface area contributed by atoms with E-state index in [2.05, 4.69) is 4.98 Å². The second kappa shape index (κ2) is 7.57. The summed E-state index contributed by atoms with van der Waals surface area (Å²) in [5.74, 6) is 0.00964. The summed E-state index contributed by atoms with van der Waals surface area (Å²) >= 11 is 0. The maximum Gasteiger partial charge on any atom is 0.255 e. The molecule has 0 bridgehead atoms. The molecule has 3 rings (SSSR count). The molecular weight excluding hydrogens is 290 g/mol. The van der Waals surface area contributed by atoms with Gasteiger partial charge in [0.05, 0.1) is 11.1 Å². The summed E-state index contributed by atoms with van der Waals surface area (Å²) in [6.45, 7) is 3.23. The van der Waals surface area contributed by atoms with Gasteiger partial charge in [-0.1, -0.05) is 12.8 Å². The first-order chi connectivity index (χ1) is 11.3. The molecule has 2 aliphatic heterocycles. The number of nitrogens with zero attached hydrogens (tertiary/aromatic N) is 3. The molecule has 0 radical (unpaired) electrons. The lowest BCUT2D eigenvalue weighted by Crippen LogP contribution is -2.36. The van der Waals surface area contributed by atoms with Crippen molar-refractivity contribution in [2.24, 2.45) is 0 Å². The highest BCUT2D eigenvalue weighted by Crippen LogP contribution is 2.16. The zero-order valence-electron chi connectivity index (χ0n) is 13.7. The van der Waals surface area contributed by atoms with Crippen molar-refractivity contribution < 1.29 is 9.59 Å². The molecule has 0 aromatic carbocycles. The monoisotopic (exact) mass is 315 g/mol. The van der Waals surface area contributed by atoms with Gasteiger partial charge in [-0.25, -0.2) is 0 Å². The summed E-state index contributed by atoms with van der Waals surface area (Å²) < 4.78 is 0. The standard InChI is InChI=1S/C18H25N3O2/c22-17(20-8-4-1-2-5-9-20)15-12-16(14-19-13-15)18(23)21-10-6-3-7-11-21/h12-14H,1-11H2. The van der Waals surface area contributed by atoms with Crippen molar-refractivity contribution in [2.45, 2.75) is 44.9 Å². The minimum atomic E-state index is 0.00252. The summed E-state index contributed by atoms with van der Waals surface area (Å²) in [6.07, 6.45) is 11.0. The average molecular weight is 315 g/mol. The molecule has 0 spiro atoms. The van der Waals surface area contributed by atoms with Gasteiger partial charge in [-0.2, -0.15) is 0 Å². The highest BCUT2D eigenvalue weighted by atomic mass is 16.2. The molecule has 2 aliphatic rings. The van der Waals surface area contributed by atoms with E-state index in [4.69, 9.17) is 0 Å². The van der Waals surface area contributed by atoms with Crippen LogP contribution in [-0.4, -0.2) is 52.8 Å². The molecule has 0 unspecified atom stereocenters.